The molecule has 3 heterocycles. The minimum absolute atomic E-state index is 0.0352. The minimum Gasteiger partial charge on any atom is -0.322 e. The maximum Gasteiger partial charge on any atom is 0.253 e. The van der Waals surface area contributed by atoms with E-state index in [2.05, 4.69) is 50.5 Å². The Kier molecular flexibility index (Phi) is 5.85. The Morgan fingerprint density at radius 2 is 1.84 bits per heavy atom. The molecule has 3 aromatic rings. The number of nitrogens with zero attached hydrogens (tertiary/aromatic N) is 5. The zero-order chi connectivity index (χ0) is 21.2. The molecule has 1 aliphatic heterocycles. The molecule has 0 amide bonds. The van der Waals surface area contributed by atoms with Gasteiger partial charge in [0.15, 0.2) is 5.82 Å². The van der Waals surface area contributed by atoms with Crippen molar-refractivity contribution in [1.29, 1.82) is 0 Å². The first-order valence-electron chi connectivity index (χ1n) is 11.9. The van der Waals surface area contributed by atoms with Crippen molar-refractivity contribution in [1.82, 2.24) is 30.1 Å². The molecule has 1 aliphatic carbocycles. The van der Waals surface area contributed by atoms with Crippen LogP contribution in [0.4, 0.5) is 0 Å². The number of hydrogen-bond acceptors (Lipinski definition) is 5. The predicted molar refractivity (Wildman–Crippen MR) is 121 cm³/mol. The molecule has 5 rings (SSSR count). The van der Waals surface area contributed by atoms with Gasteiger partial charge in [-0.2, -0.15) is 0 Å². The third-order valence-corrected chi connectivity index (χ3v) is 7.08. The van der Waals surface area contributed by atoms with E-state index < -0.39 is 0 Å². The van der Waals surface area contributed by atoms with Gasteiger partial charge in [-0.05, 0) is 84.8 Å². The fourth-order valence-corrected chi connectivity index (χ4v) is 5.34. The van der Waals surface area contributed by atoms with Crippen LogP contribution in [0.15, 0.2) is 29.1 Å². The molecular formula is C24H32N6O. The molecule has 2 fully saturated rings. The van der Waals surface area contributed by atoms with Crippen molar-refractivity contribution < 1.29 is 0 Å². The highest BCUT2D eigenvalue weighted by Crippen LogP contribution is 2.34. The summed E-state index contributed by atoms with van der Waals surface area (Å²) in [7, 11) is 0. The Balaban J connectivity index is 1.65. The van der Waals surface area contributed by atoms with Crippen LogP contribution in [0, 0.1) is 0 Å². The molecule has 164 valence electrons. The first kappa shape index (κ1) is 20.4. The molecule has 31 heavy (non-hydrogen) atoms. The quantitative estimate of drug-likeness (QED) is 0.670. The molecule has 1 saturated heterocycles. The van der Waals surface area contributed by atoms with Crippen molar-refractivity contribution in [2.45, 2.75) is 76.8 Å². The van der Waals surface area contributed by atoms with E-state index in [1.807, 2.05) is 10.7 Å². The Bertz CT molecular complexity index is 1090. The molecule has 0 radical (unpaired) electrons. The highest BCUT2D eigenvalue weighted by Gasteiger charge is 2.33. The van der Waals surface area contributed by atoms with Crippen LogP contribution in [0.1, 0.15) is 87.3 Å². The molecule has 0 spiro atoms. The fourth-order valence-electron chi connectivity index (χ4n) is 5.34. The number of aryl methyl sites for hydroxylation is 1. The van der Waals surface area contributed by atoms with Crippen LogP contribution in [0.2, 0.25) is 0 Å². The fraction of sp³-hybridized carbons (Fsp3) is 0.583. The van der Waals surface area contributed by atoms with Gasteiger partial charge >= 0.3 is 0 Å². The summed E-state index contributed by atoms with van der Waals surface area (Å²) in [5, 5.41) is 14.1. The number of benzene rings is 1. The maximum absolute atomic E-state index is 13.3. The van der Waals surface area contributed by atoms with Gasteiger partial charge in [0.05, 0.1) is 6.04 Å². The lowest BCUT2D eigenvalue weighted by atomic mass is 10.0. The van der Waals surface area contributed by atoms with Gasteiger partial charge in [0.25, 0.3) is 5.56 Å². The minimum atomic E-state index is -0.216. The summed E-state index contributed by atoms with van der Waals surface area (Å²) in [6.07, 6.45) is 10.4. The number of likely N-dealkylation sites (tertiary alicyclic amines) is 1. The van der Waals surface area contributed by atoms with Crippen molar-refractivity contribution in [2.24, 2.45) is 0 Å². The van der Waals surface area contributed by atoms with E-state index in [1.165, 1.54) is 31.2 Å². The third kappa shape index (κ3) is 4.03. The van der Waals surface area contributed by atoms with Gasteiger partial charge in [-0.25, -0.2) is 4.68 Å². The Hall–Kier alpha value is -2.54. The largest absolute Gasteiger partial charge is 0.322 e. The normalized spacial score (nSPS) is 19.6. The van der Waals surface area contributed by atoms with Crippen LogP contribution >= 0.6 is 0 Å². The van der Waals surface area contributed by atoms with E-state index in [-0.39, 0.29) is 11.6 Å². The van der Waals surface area contributed by atoms with Crippen LogP contribution in [-0.4, -0.2) is 43.2 Å². The number of nitrogens with one attached hydrogen (secondary N) is 1. The summed E-state index contributed by atoms with van der Waals surface area (Å²) in [5.41, 5.74) is 2.88. The topological polar surface area (TPSA) is 79.7 Å². The van der Waals surface area contributed by atoms with Gasteiger partial charge in [-0.1, -0.05) is 38.7 Å². The van der Waals surface area contributed by atoms with Gasteiger partial charge in [0, 0.05) is 11.1 Å². The lowest BCUT2D eigenvalue weighted by Crippen LogP contribution is -2.36. The SMILES string of the molecule is CCc1ccc2[nH]c(=O)c(C(c3nnnn3C3CCCC3)N3CCCCCC3)cc2c1. The van der Waals surface area contributed by atoms with Crippen LogP contribution in [-0.2, 0) is 6.42 Å². The summed E-state index contributed by atoms with van der Waals surface area (Å²) < 4.78 is 2.02. The highest BCUT2D eigenvalue weighted by atomic mass is 16.1. The van der Waals surface area contributed by atoms with E-state index >= 15 is 0 Å². The first-order chi connectivity index (χ1) is 15.2. The summed E-state index contributed by atoms with van der Waals surface area (Å²) in [6.45, 7) is 4.09. The smallest absolute Gasteiger partial charge is 0.253 e. The second kappa shape index (κ2) is 8.91. The molecule has 1 atom stereocenters. The molecule has 1 N–H and O–H groups in total. The molecule has 7 nitrogen and oxygen atoms in total. The van der Waals surface area contributed by atoms with Crippen molar-refractivity contribution in [3.8, 4) is 0 Å². The molecule has 1 saturated carbocycles. The molecule has 2 aliphatic rings. The number of tetrazole rings is 1. The van der Waals surface area contributed by atoms with Gasteiger partial charge in [-0.3, -0.25) is 9.69 Å². The third-order valence-electron chi connectivity index (χ3n) is 7.08. The van der Waals surface area contributed by atoms with Crippen LogP contribution < -0.4 is 5.56 Å². The molecule has 0 bridgehead atoms. The molecule has 7 heteroatoms. The Morgan fingerprint density at radius 3 is 2.58 bits per heavy atom. The second-order valence-corrected chi connectivity index (χ2v) is 9.10. The highest BCUT2D eigenvalue weighted by molar-refractivity contribution is 5.80. The molecule has 2 aromatic heterocycles. The van der Waals surface area contributed by atoms with Gasteiger partial charge in [0.1, 0.15) is 6.04 Å². The summed E-state index contributed by atoms with van der Waals surface area (Å²) >= 11 is 0. The number of rotatable bonds is 5. The summed E-state index contributed by atoms with van der Waals surface area (Å²) in [5.74, 6) is 0.824. The standard InChI is InChI=1S/C24H32N6O/c1-2-17-11-12-21-18(15-17)16-20(24(31)25-21)22(29-13-7-3-4-8-14-29)23-26-27-28-30(23)19-9-5-6-10-19/h11-12,15-16,19,22H,2-10,13-14H2,1H3,(H,25,31). The van der Waals surface area contributed by atoms with E-state index in [4.69, 9.17) is 0 Å². The van der Waals surface area contributed by atoms with Crippen molar-refractivity contribution in [3.63, 3.8) is 0 Å². The number of aromatic amines is 1. The van der Waals surface area contributed by atoms with Crippen molar-refractivity contribution >= 4 is 10.9 Å². The zero-order valence-electron chi connectivity index (χ0n) is 18.4. The van der Waals surface area contributed by atoms with Crippen molar-refractivity contribution in [2.75, 3.05) is 13.1 Å². The van der Waals surface area contributed by atoms with Crippen LogP contribution in [0.25, 0.3) is 10.9 Å². The maximum atomic E-state index is 13.3. The Labute approximate surface area is 182 Å². The first-order valence-corrected chi connectivity index (χ1v) is 11.9. The van der Waals surface area contributed by atoms with Gasteiger partial charge < -0.3 is 4.98 Å². The monoisotopic (exact) mass is 420 g/mol. The number of aromatic nitrogens is 5. The molecule has 1 unspecified atom stereocenters. The average molecular weight is 421 g/mol. The number of fused-ring (bicyclic) bond motifs is 1. The predicted octanol–water partition coefficient (Wildman–Crippen LogP) is 4.16. The number of H-pyrrole nitrogens is 1. The van der Waals surface area contributed by atoms with E-state index in [9.17, 15) is 4.79 Å². The van der Waals surface area contributed by atoms with Crippen LogP contribution in [0.3, 0.4) is 0 Å². The van der Waals surface area contributed by atoms with E-state index in [0.717, 1.165) is 67.5 Å². The Morgan fingerprint density at radius 1 is 1.06 bits per heavy atom. The lowest BCUT2D eigenvalue weighted by molar-refractivity contribution is 0.216. The van der Waals surface area contributed by atoms with Gasteiger partial charge in [-0.15, -0.1) is 5.10 Å². The average Bonchev–Trinajstić information content (AvgIpc) is 3.41. The van der Waals surface area contributed by atoms with E-state index in [1.54, 1.807) is 0 Å². The molecular weight excluding hydrogens is 388 g/mol. The number of hydrogen-bond donors (Lipinski definition) is 1. The zero-order valence-corrected chi connectivity index (χ0v) is 18.4. The number of pyridine rings is 1. The van der Waals surface area contributed by atoms with Gasteiger partial charge in [0.2, 0.25) is 0 Å². The summed E-state index contributed by atoms with van der Waals surface area (Å²) in [4.78, 5) is 18.9. The molecule has 1 aromatic carbocycles. The van der Waals surface area contributed by atoms with Crippen LogP contribution in [0.5, 0.6) is 0 Å². The van der Waals surface area contributed by atoms with E-state index in [0.29, 0.717) is 6.04 Å². The lowest BCUT2D eigenvalue weighted by Gasteiger charge is -2.30. The second-order valence-electron chi connectivity index (χ2n) is 9.10. The summed E-state index contributed by atoms with van der Waals surface area (Å²) in [6, 6.07) is 8.50. The van der Waals surface area contributed by atoms with Crippen molar-refractivity contribution in [3.05, 3.63) is 51.6 Å².